The summed E-state index contributed by atoms with van der Waals surface area (Å²) in [7, 11) is 1.70. The van der Waals surface area contributed by atoms with Gasteiger partial charge in [-0.25, -0.2) is 0 Å². The van der Waals surface area contributed by atoms with Crippen LogP contribution < -0.4 is 4.74 Å². The zero-order valence-corrected chi connectivity index (χ0v) is 12.2. The first-order valence-corrected chi connectivity index (χ1v) is 7.07. The van der Waals surface area contributed by atoms with Crippen LogP contribution in [0.4, 0.5) is 0 Å². The molecule has 0 heterocycles. The molecule has 0 aliphatic rings. The molecule has 0 saturated carbocycles. The number of benzene rings is 2. The Bertz CT molecular complexity index is 534. The van der Waals surface area contributed by atoms with Crippen LogP contribution in [-0.4, -0.2) is 12.2 Å². The number of rotatable bonds is 6. The lowest BCUT2D eigenvalue weighted by Crippen LogP contribution is -1.99. The van der Waals surface area contributed by atoms with Gasteiger partial charge in [-0.05, 0) is 43.4 Å². The van der Waals surface area contributed by atoms with E-state index in [1.807, 2.05) is 36.4 Å². The van der Waals surface area contributed by atoms with Crippen molar-refractivity contribution in [1.29, 1.82) is 0 Å². The van der Waals surface area contributed by atoms with E-state index in [1.165, 1.54) is 11.1 Å². The average Bonchev–Trinajstić information content (AvgIpc) is 2.48. The van der Waals surface area contributed by atoms with E-state index in [1.54, 1.807) is 7.11 Å². The van der Waals surface area contributed by atoms with Crippen molar-refractivity contribution in [2.24, 2.45) is 0 Å². The molecule has 0 spiro atoms. The van der Waals surface area contributed by atoms with Gasteiger partial charge in [0.2, 0.25) is 0 Å². The Hall–Kier alpha value is -1.80. The quantitative estimate of drug-likeness (QED) is 0.857. The van der Waals surface area contributed by atoms with E-state index >= 15 is 0 Å². The highest BCUT2D eigenvalue weighted by atomic mass is 16.5. The first-order chi connectivity index (χ1) is 9.70. The highest BCUT2D eigenvalue weighted by Gasteiger charge is 2.08. The van der Waals surface area contributed by atoms with E-state index < -0.39 is 0 Å². The van der Waals surface area contributed by atoms with Gasteiger partial charge in [-0.2, -0.15) is 0 Å². The number of hydrogen-bond acceptors (Lipinski definition) is 2. The lowest BCUT2D eigenvalue weighted by molar-refractivity contribution is 0.164. The summed E-state index contributed by atoms with van der Waals surface area (Å²) in [6.45, 7) is 2.09. The highest BCUT2D eigenvalue weighted by molar-refractivity contribution is 5.36. The zero-order chi connectivity index (χ0) is 14.4. The molecule has 0 radical (unpaired) electrons. The van der Waals surface area contributed by atoms with Crippen LogP contribution in [0.3, 0.4) is 0 Å². The normalized spacial score (nSPS) is 12.2. The fourth-order valence-corrected chi connectivity index (χ4v) is 2.43. The molecule has 0 amide bonds. The summed E-state index contributed by atoms with van der Waals surface area (Å²) < 4.78 is 5.38. The van der Waals surface area contributed by atoms with Gasteiger partial charge in [0, 0.05) is 0 Å². The number of hydrogen-bond donors (Lipinski definition) is 1. The topological polar surface area (TPSA) is 29.5 Å². The van der Waals surface area contributed by atoms with Crippen molar-refractivity contribution in [2.75, 3.05) is 7.11 Å². The molecule has 0 bridgehead atoms. The summed E-state index contributed by atoms with van der Waals surface area (Å²) in [6, 6.07) is 16.1. The molecule has 2 aromatic rings. The van der Waals surface area contributed by atoms with Crippen LogP contribution in [0.15, 0.2) is 48.5 Å². The Morgan fingerprint density at radius 2 is 1.85 bits per heavy atom. The molecule has 0 fully saturated rings. The fourth-order valence-electron chi connectivity index (χ4n) is 2.43. The molecule has 2 aromatic carbocycles. The van der Waals surface area contributed by atoms with Gasteiger partial charge in [-0.15, -0.1) is 0 Å². The molecule has 0 aliphatic carbocycles. The van der Waals surface area contributed by atoms with Gasteiger partial charge in [-0.3, -0.25) is 0 Å². The van der Waals surface area contributed by atoms with Crippen LogP contribution in [0, 0.1) is 6.92 Å². The Morgan fingerprint density at radius 1 is 1.10 bits per heavy atom. The minimum absolute atomic E-state index is 0.382. The van der Waals surface area contributed by atoms with E-state index in [-0.39, 0.29) is 6.10 Å². The molecule has 2 nitrogen and oxygen atoms in total. The molecule has 1 unspecified atom stereocenters. The maximum Gasteiger partial charge on any atom is 0.122 e. The number of aryl methyl sites for hydroxylation is 2. The molecule has 20 heavy (non-hydrogen) atoms. The lowest BCUT2D eigenvalue weighted by atomic mass is 10.00. The predicted octanol–water partition coefficient (Wildman–Crippen LogP) is 4.06. The molecule has 0 aromatic heterocycles. The number of ether oxygens (including phenoxy) is 1. The second-order valence-electron chi connectivity index (χ2n) is 5.13. The van der Waals surface area contributed by atoms with Crippen LogP contribution in [0.2, 0.25) is 0 Å². The van der Waals surface area contributed by atoms with Crippen molar-refractivity contribution >= 4 is 0 Å². The van der Waals surface area contributed by atoms with E-state index in [0.29, 0.717) is 0 Å². The van der Waals surface area contributed by atoms with Crippen molar-refractivity contribution in [3.8, 4) is 5.75 Å². The molecule has 0 aliphatic heterocycles. The maximum atomic E-state index is 10.1. The maximum absolute atomic E-state index is 10.1. The Balaban J connectivity index is 1.91. The number of aliphatic hydroxyl groups is 1. The minimum atomic E-state index is -0.382. The lowest BCUT2D eigenvalue weighted by Gasteiger charge is -2.12. The van der Waals surface area contributed by atoms with E-state index in [2.05, 4.69) is 19.1 Å². The first-order valence-electron chi connectivity index (χ1n) is 7.07. The molecule has 2 heteroatoms. The van der Waals surface area contributed by atoms with Crippen molar-refractivity contribution in [3.63, 3.8) is 0 Å². The van der Waals surface area contributed by atoms with Gasteiger partial charge in [0.1, 0.15) is 5.75 Å². The van der Waals surface area contributed by atoms with Crippen LogP contribution in [0.25, 0.3) is 0 Å². The third-order valence-corrected chi connectivity index (χ3v) is 3.54. The monoisotopic (exact) mass is 270 g/mol. The van der Waals surface area contributed by atoms with Gasteiger partial charge in [0.05, 0.1) is 13.2 Å². The Morgan fingerprint density at radius 3 is 2.55 bits per heavy atom. The smallest absolute Gasteiger partial charge is 0.122 e. The van der Waals surface area contributed by atoms with Gasteiger partial charge >= 0.3 is 0 Å². The number of aliphatic hydroxyl groups excluding tert-OH is 1. The largest absolute Gasteiger partial charge is 0.496 e. The fraction of sp³-hybridized carbons (Fsp3) is 0.333. The summed E-state index contributed by atoms with van der Waals surface area (Å²) in [5.74, 6) is 0.935. The SMILES string of the molecule is COc1ccc(C)cc1CCCC(O)c1ccccc1. The van der Waals surface area contributed by atoms with E-state index in [0.717, 1.165) is 30.6 Å². The third-order valence-electron chi connectivity index (χ3n) is 3.54. The standard InChI is InChI=1S/C18H22O2/c1-14-11-12-18(20-2)16(13-14)9-6-10-17(19)15-7-4-3-5-8-15/h3-5,7-8,11-13,17,19H,6,9-10H2,1-2H3. The second-order valence-corrected chi connectivity index (χ2v) is 5.13. The van der Waals surface area contributed by atoms with Gasteiger partial charge in [-0.1, -0.05) is 48.0 Å². The number of methoxy groups -OCH3 is 1. The molecule has 0 saturated heterocycles. The van der Waals surface area contributed by atoms with Crippen LogP contribution in [-0.2, 0) is 6.42 Å². The molecule has 1 N–H and O–H groups in total. The Kier molecular flexibility index (Phi) is 5.19. The van der Waals surface area contributed by atoms with Gasteiger partial charge in [0.25, 0.3) is 0 Å². The summed E-state index contributed by atoms with van der Waals surface area (Å²) in [5, 5.41) is 10.1. The van der Waals surface area contributed by atoms with Crippen LogP contribution >= 0.6 is 0 Å². The van der Waals surface area contributed by atoms with Gasteiger partial charge < -0.3 is 9.84 Å². The molecular weight excluding hydrogens is 248 g/mol. The van der Waals surface area contributed by atoms with Crippen molar-refractivity contribution in [2.45, 2.75) is 32.3 Å². The summed E-state index contributed by atoms with van der Waals surface area (Å²) in [6.07, 6.45) is 2.25. The second kappa shape index (κ2) is 7.11. The zero-order valence-electron chi connectivity index (χ0n) is 12.2. The van der Waals surface area contributed by atoms with Gasteiger partial charge in [0.15, 0.2) is 0 Å². The third kappa shape index (κ3) is 3.84. The molecule has 106 valence electrons. The van der Waals surface area contributed by atoms with Crippen LogP contribution in [0.5, 0.6) is 5.75 Å². The Labute approximate surface area is 121 Å². The summed E-state index contributed by atoms with van der Waals surface area (Å²) >= 11 is 0. The first kappa shape index (κ1) is 14.6. The highest BCUT2D eigenvalue weighted by Crippen LogP contribution is 2.24. The van der Waals surface area contributed by atoms with Crippen molar-refractivity contribution in [3.05, 3.63) is 65.2 Å². The molecule has 1 atom stereocenters. The van der Waals surface area contributed by atoms with Crippen LogP contribution in [0.1, 0.15) is 35.6 Å². The minimum Gasteiger partial charge on any atom is -0.496 e. The molecule has 2 rings (SSSR count). The molecular formula is C18H22O2. The predicted molar refractivity (Wildman–Crippen MR) is 82.1 cm³/mol. The van der Waals surface area contributed by atoms with E-state index in [4.69, 9.17) is 4.74 Å². The average molecular weight is 270 g/mol. The van der Waals surface area contributed by atoms with Crippen molar-refractivity contribution in [1.82, 2.24) is 0 Å². The summed E-state index contributed by atoms with van der Waals surface area (Å²) in [5.41, 5.74) is 3.45. The van der Waals surface area contributed by atoms with Crippen molar-refractivity contribution < 1.29 is 9.84 Å². The van der Waals surface area contributed by atoms with E-state index in [9.17, 15) is 5.11 Å². The summed E-state index contributed by atoms with van der Waals surface area (Å²) in [4.78, 5) is 0.